The van der Waals surface area contributed by atoms with Gasteiger partial charge in [-0.25, -0.2) is 0 Å². The highest BCUT2D eigenvalue weighted by molar-refractivity contribution is 5.06. The first-order valence-electron chi connectivity index (χ1n) is 4.85. The van der Waals surface area contributed by atoms with E-state index >= 15 is 0 Å². The normalized spacial score (nSPS) is 14.9. The first-order valence-corrected chi connectivity index (χ1v) is 4.85. The van der Waals surface area contributed by atoms with E-state index < -0.39 is 5.60 Å². The van der Waals surface area contributed by atoms with Crippen LogP contribution in [0.1, 0.15) is 12.6 Å². The van der Waals surface area contributed by atoms with Crippen molar-refractivity contribution in [1.82, 2.24) is 15.3 Å². The van der Waals surface area contributed by atoms with Gasteiger partial charge in [0.2, 0.25) is 0 Å². The van der Waals surface area contributed by atoms with E-state index in [4.69, 9.17) is 4.74 Å². The van der Waals surface area contributed by atoms with Crippen LogP contribution in [0.2, 0.25) is 0 Å². The van der Waals surface area contributed by atoms with Crippen molar-refractivity contribution in [1.29, 1.82) is 0 Å². The Morgan fingerprint density at radius 1 is 1.53 bits per heavy atom. The maximum atomic E-state index is 10.1. The van der Waals surface area contributed by atoms with Crippen LogP contribution in [0, 0.1) is 0 Å². The molecule has 0 amide bonds. The molecule has 1 rings (SSSR count). The van der Waals surface area contributed by atoms with Crippen LogP contribution >= 0.6 is 0 Å². The molecule has 0 bridgehead atoms. The van der Waals surface area contributed by atoms with Gasteiger partial charge < -0.3 is 15.2 Å². The molecule has 1 aromatic heterocycles. The topological polar surface area (TPSA) is 67.3 Å². The summed E-state index contributed by atoms with van der Waals surface area (Å²) in [4.78, 5) is 7.99. The van der Waals surface area contributed by atoms with E-state index in [2.05, 4.69) is 15.3 Å². The van der Waals surface area contributed by atoms with E-state index in [1.165, 1.54) is 0 Å². The molecule has 0 radical (unpaired) electrons. The van der Waals surface area contributed by atoms with Crippen LogP contribution < -0.4 is 5.32 Å². The number of nitrogens with zero attached hydrogens (tertiary/aromatic N) is 2. The van der Waals surface area contributed by atoms with E-state index in [0.717, 1.165) is 0 Å². The Hall–Kier alpha value is -1.04. The Balaban J connectivity index is 2.45. The SMILES string of the molecule is COCCNCC(C)(O)c1cnccn1. The van der Waals surface area contributed by atoms with Gasteiger partial charge in [0.1, 0.15) is 5.60 Å². The first-order chi connectivity index (χ1) is 7.17. The van der Waals surface area contributed by atoms with Gasteiger partial charge in [-0.2, -0.15) is 0 Å². The molecule has 1 heterocycles. The number of methoxy groups -OCH3 is 1. The first kappa shape index (κ1) is 12.0. The van der Waals surface area contributed by atoms with Crippen molar-refractivity contribution >= 4 is 0 Å². The molecule has 1 aromatic rings. The molecule has 5 nitrogen and oxygen atoms in total. The molecule has 0 aliphatic rings. The Labute approximate surface area is 89.5 Å². The van der Waals surface area contributed by atoms with Crippen LogP contribution in [0.4, 0.5) is 0 Å². The summed E-state index contributed by atoms with van der Waals surface area (Å²) >= 11 is 0. The molecule has 1 atom stereocenters. The molecule has 0 aliphatic carbocycles. The Morgan fingerprint density at radius 2 is 2.33 bits per heavy atom. The minimum atomic E-state index is -0.998. The molecule has 0 aliphatic heterocycles. The van der Waals surface area contributed by atoms with Gasteiger partial charge in [-0.15, -0.1) is 0 Å². The van der Waals surface area contributed by atoms with Crippen LogP contribution in [0.25, 0.3) is 0 Å². The van der Waals surface area contributed by atoms with Crippen LogP contribution in [0.15, 0.2) is 18.6 Å². The van der Waals surface area contributed by atoms with Crippen molar-refractivity contribution in [3.63, 3.8) is 0 Å². The highest BCUT2D eigenvalue weighted by Gasteiger charge is 2.23. The Bertz CT molecular complexity index is 277. The van der Waals surface area contributed by atoms with Crippen molar-refractivity contribution in [2.45, 2.75) is 12.5 Å². The molecule has 5 heteroatoms. The zero-order valence-electron chi connectivity index (χ0n) is 9.10. The molecule has 84 valence electrons. The maximum absolute atomic E-state index is 10.1. The van der Waals surface area contributed by atoms with E-state index in [1.54, 1.807) is 32.6 Å². The number of hydrogen-bond acceptors (Lipinski definition) is 5. The molecule has 0 spiro atoms. The van der Waals surface area contributed by atoms with Gasteiger partial charge in [-0.3, -0.25) is 9.97 Å². The second-order valence-corrected chi connectivity index (χ2v) is 3.53. The fourth-order valence-corrected chi connectivity index (χ4v) is 1.17. The standard InChI is InChI=1S/C10H17N3O2/c1-10(14,8-12-5-6-15-2)9-7-11-3-4-13-9/h3-4,7,12,14H,5-6,8H2,1-2H3. The van der Waals surface area contributed by atoms with Gasteiger partial charge in [0.25, 0.3) is 0 Å². The van der Waals surface area contributed by atoms with Crippen molar-refractivity contribution in [2.24, 2.45) is 0 Å². The summed E-state index contributed by atoms with van der Waals surface area (Å²) in [6.45, 7) is 3.45. The molecule has 0 fully saturated rings. The minimum absolute atomic E-state index is 0.426. The summed E-state index contributed by atoms with van der Waals surface area (Å²) in [5.74, 6) is 0. The summed E-state index contributed by atoms with van der Waals surface area (Å²) in [7, 11) is 1.64. The summed E-state index contributed by atoms with van der Waals surface area (Å²) in [5, 5.41) is 13.2. The maximum Gasteiger partial charge on any atom is 0.118 e. The molecular formula is C10H17N3O2. The van der Waals surface area contributed by atoms with Gasteiger partial charge in [-0.05, 0) is 6.92 Å². The Kier molecular flexibility index (Phi) is 4.61. The number of rotatable bonds is 6. The van der Waals surface area contributed by atoms with Gasteiger partial charge in [0, 0.05) is 32.6 Å². The zero-order valence-corrected chi connectivity index (χ0v) is 9.10. The second-order valence-electron chi connectivity index (χ2n) is 3.53. The number of nitrogens with one attached hydrogen (secondary N) is 1. The lowest BCUT2D eigenvalue weighted by atomic mass is 10.0. The van der Waals surface area contributed by atoms with Gasteiger partial charge in [-0.1, -0.05) is 0 Å². The van der Waals surface area contributed by atoms with Crippen LogP contribution in [0.5, 0.6) is 0 Å². The Morgan fingerprint density at radius 3 is 2.93 bits per heavy atom. The summed E-state index contributed by atoms with van der Waals surface area (Å²) < 4.78 is 4.89. The smallest absolute Gasteiger partial charge is 0.118 e. The molecule has 15 heavy (non-hydrogen) atoms. The van der Waals surface area contributed by atoms with E-state index in [-0.39, 0.29) is 0 Å². The number of ether oxygens (including phenoxy) is 1. The molecule has 1 unspecified atom stereocenters. The molecule has 0 aromatic carbocycles. The zero-order chi connectivity index (χ0) is 11.1. The fraction of sp³-hybridized carbons (Fsp3) is 0.600. The third-order valence-electron chi connectivity index (χ3n) is 2.07. The lowest BCUT2D eigenvalue weighted by molar-refractivity contribution is 0.0502. The van der Waals surface area contributed by atoms with Crippen LogP contribution in [-0.4, -0.2) is 41.9 Å². The van der Waals surface area contributed by atoms with Crippen molar-refractivity contribution in [2.75, 3.05) is 26.8 Å². The highest BCUT2D eigenvalue weighted by Crippen LogP contribution is 2.15. The predicted octanol–water partition coefficient (Wildman–Crippen LogP) is -0.0799. The van der Waals surface area contributed by atoms with E-state index in [0.29, 0.717) is 25.4 Å². The summed E-state index contributed by atoms with van der Waals surface area (Å²) in [6, 6.07) is 0. The van der Waals surface area contributed by atoms with Gasteiger partial charge in [0.05, 0.1) is 18.5 Å². The lowest BCUT2D eigenvalue weighted by Gasteiger charge is -2.22. The third-order valence-corrected chi connectivity index (χ3v) is 2.07. The van der Waals surface area contributed by atoms with Gasteiger partial charge in [0.15, 0.2) is 0 Å². The number of aromatic nitrogens is 2. The second kappa shape index (κ2) is 5.75. The van der Waals surface area contributed by atoms with E-state index in [9.17, 15) is 5.11 Å². The third kappa shape index (κ3) is 3.91. The van der Waals surface area contributed by atoms with Crippen LogP contribution in [0.3, 0.4) is 0 Å². The van der Waals surface area contributed by atoms with Gasteiger partial charge >= 0.3 is 0 Å². The van der Waals surface area contributed by atoms with Crippen molar-refractivity contribution in [3.05, 3.63) is 24.3 Å². The number of aliphatic hydroxyl groups is 1. The monoisotopic (exact) mass is 211 g/mol. The van der Waals surface area contributed by atoms with Crippen molar-refractivity contribution in [3.8, 4) is 0 Å². The molecule has 2 N–H and O–H groups in total. The predicted molar refractivity (Wildman–Crippen MR) is 56.3 cm³/mol. The largest absolute Gasteiger partial charge is 0.383 e. The molecule has 0 saturated heterocycles. The van der Waals surface area contributed by atoms with Crippen LogP contribution in [-0.2, 0) is 10.3 Å². The minimum Gasteiger partial charge on any atom is -0.383 e. The molecular weight excluding hydrogens is 194 g/mol. The molecule has 0 saturated carbocycles. The quantitative estimate of drug-likeness (QED) is 0.644. The van der Waals surface area contributed by atoms with Crippen molar-refractivity contribution < 1.29 is 9.84 Å². The highest BCUT2D eigenvalue weighted by atomic mass is 16.5. The average Bonchev–Trinajstić information content (AvgIpc) is 2.26. The fourth-order valence-electron chi connectivity index (χ4n) is 1.17. The summed E-state index contributed by atoms with van der Waals surface area (Å²) in [6.07, 6.45) is 4.72. The number of hydrogen-bond donors (Lipinski definition) is 2. The lowest BCUT2D eigenvalue weighted by Crippen LogP contribution is -2.37. The average molecular weight is 211 g/mol. The van der Waals surface area contributed by atoms with E-state index in [1.807, 2.05) is 0 Å². The summed E-state index contributed by atoms with van der Waals surface area (Å²) in [5.41, 5.74) is -0.433.